The monoisotopic (exact) mass is 473 g/mol. The third-order valence-electron chi connectivity index (χ3n) is 3.86. The third-order valence-corrected chi connectivity index (χ3v) is 6.39. The summed E-state index contributed by atoms with van der Waals surface area (Å²) >= 11 is 0.914. The van der Waals surface area contributed by atoms with Gasteiger partial charge in [-0.3, -0.25) is 9.11 Å². The molecule has 0 spiro atoms. The SMILES string of the molecule is Cc1ccc(SOc2cc(S(=O)(=O)O)cc3c(S(=O)(=O)O)c(N)ccc23)cc1.O=O. The Hall–Kier alpha value is -2.71. The standard InChI is InChI=1S/C17H15NO7S3.O2/c1-10-2-4-11(5-3-10)26-25-16-9-12(27(19,20)21)8-14-13(16)6-7-15(18)17(14)28(22,23)24;1-2/h2-9H,18H2,1H3,(H,19,20,21)(H,22,23,24);. The topological polar surface area (TPSA) is 178 Å². The molecule has 3 aromatic carbocycles. The number of hydrogen-bond acceptors (Lipinski definition) is 9. The van der Waals surface area contributed by atoms with Crippen LogP contribution in [0.4, 0.5) is 5.69 Å². The van der Waals surface area contributed by atoms with Crippen molar-refractivity contribution < 1.29 is 30.1 Å². The van der Waals surface area contributed by atoms with Crippen LogP contribution in [0.15, 0.2) is 63.2 Å². The Labute approximate surface area is 176 Å². The second kappa shape index (κ2) is 8.97. The van der Waals surface area contributed by atoms with Crippen molar-refractivity contribution in [1.29, 1.82) is 0 Å². The molecule has 3 aromatic rings. The zero-order valence-electron chi connectivity index (χ0n) is 15.2. The van der Waals surface area contributed by atoms with Crippen molar-refractivity contribution in [2.24, 2.45) is 0 Å². The van der Waals surface area contributed by atoms with Crippen LogP contribution in [0.3, 0.4) is 0 Å². The summed E-state index contributed by atoms with van der Waals surface area (Å²) in [6.07, 6.45) is 0. The normalized spacial score (nSPS) is 11.6. The third kappa shape index (κ3) is 5.25. The molecule has 0 radical (unpaired) electrons. The number of anilines is 1. The fraction of sp³-hybridized carbons (Fsp3) is 0.0588. The molecule has 0 aliphatic heterocycles. The number of hydrogen-bond donors (Lipinski definition) is 3. The molecule has 0 aliphatic carbocycles. The number of nitrogen functional groups attached to an aromatic ring is 1. The minimum atomic E-state index is -4.77. The first-order valence-corrected chi connectivity index (χ1v) is 11.5. The van der Waals surface area contributed by atoms with Crippen molar-refractivity contribution in [2.75, 3.05) is 5.73 Å². The molecule has 0 atom stereocenters. The fourth-order valence-electron chi connectivity index (χ4n) is 2.56. The molecule has 0 saturated heterocycles. The summed E-state index contributed by atoms with van der Waals surface area (Å²) in [6, 6.07) is 11.9. The van der Waals surface area contributed by atoms with E-state index in [9.17, 15) is 25.9 Å². The maximum atomic E-state index is 11.8. The number of aryl methyl sites for hydroxylation is 1. The van der Waals surface area contributed by atoms with Gasteiger partial charge in [-0.25, -0.2) is 0 Å². The first kappa shape index (κ1) is 23.6. The molecule has 10 nitrogen and oxygen atoms in total. The average Bonchev–Trinajstić information content (AvgIpc) is 2.66. The fourth-order valence-corrected chi connectivity index (χ4v) is 4.46. The molecule has 3 rings (SSSR count). The second-order valence-electron chi connectivity index (χ2n) is 5.93. The van der Waals surface area contributed by atoms with Gasteiger partial charge < -0.3 is 9.92 Å². The van der Waals surface area contributed by atoms with Gasteiger partial charge in [0.1, 0.15) is 10.6 Å². The lowest BCUT2D eigenvalue weighted by Gasteiger charge is -2.13. The van der Waals surface area contributed by atoms with Gasteiger partial charge in [-0.2, -0.15) is 16.8 Å². The van der Waals surface area contributed by atoms with Crippen LogP contribution < -0.4 is 9.92 Å². The van der Waals surface area contributed by atoms with E-state index in [-0.39, 0.29) is 22.2 Å². The molecule has 0 amide bonds. The van der Waals surface area contributed by atoms with Gasteiger partial charge in [0, 0.05) is 31.7 Å². The van der Waals surface area contributed by atoms with Crippen molar-refractivity contribution in [3.63, 3.8) is 0 Å². The van der Waals surface area contributed by atoms with Crippen LogP contribution in [-0.2, 0) is 20.2 Å². The summed E-state index contributed by atoms with van der Waals surface area (Å²) in [5.74, 6) is -0.0272. The van der Waals surface area contributed by atoms with Gasteiger partial charge in [0.15, 0.2) is 0 Å². The van der Waals surface area contributed by atoms with Crippen LogP contribution in [-0.4, -0.2) is 25.9 Å². The van der Waals surface area contributed by atoms with Crippen LogP contribution in [0.5, 0.6) is 5.75 Å². The highest BCUT2D eigenvalue weighted by atomic mass is 32.2. The summed E-state index contributed by atoms with van der Waals surface area (Å²) in [6.45, 7) is 1.92. The predicted octanol–water partition coefficient (Wildman–Crippen LogP) is 3.38. The van der Waals surface area contributed by atoms with Crippen LogP contribution in [0.25, 0.3) is 10.8 Å². The molecular formula is C17H15NO9S3. The van der Waals surface area contributed by atoms with Gasteiger partial charge in [0.25, 0.3) is 20.2 Å². The zero-order chi connectivity index (χ0) is 22.7. The van der Waals surface area contributed by atoms with Crippen molar-refractivity contribution >= 4 is 48.7 Å². The molecular weight excluding hydrogens is 458 g/mol. The second-order valence-corrected chi connectivity index (χ2v) is 9.51. The first-order valence-electron chi connectivity index (χ1n) is 7.86. The van der Waals surface area contributed by atoms with Gasteiger partial charge in [0.05, 0.1) is 22.6 Å². The largest absolute Gasteiger partial charge is 0.420 e. The highest BCUT2D eigenvalue weighted by Gasteiger charge is 2.23. The molecule has 0 aliphatic rings. The molecule has 0 unspecified atom stereocenters. The van der Waals surface area contributed by atoms with Crippen LogP contribution >= 0.6 is 12.0 Å². The zero-order valence-corrected chi connectivity index (χ0v) is 17.6. The highest BCUT2D eigenvalue weighted by Crippen LogP contribution is 2.38. The average molecular weight is 474 g/mol. The minimum absolute atomic E-state index is 0.0272. The summed E-state index contributed by atoms with van der Waals surface area (Å²) < 4.78 is 71.4. The summed E-state index contributed by atoms with van der Waals surface area (Å²) in [7, 11) is -9.46. The van der Waals surface area contributed by atoms with Crippen molar-refractivity contribution in [1.82, 2.24) is 0 Å². The van der Waals surface area contributed by atoms with E-state index >= 15 is 0 Å². The first-order chi connectivity index (χ1) is 14.0. The van der Waals surface area contributed by atoms with E-state index in [2.05, 4.69) is 0 Å². The van der Waals surface area contributed by atoms with E-state index in [0.29, 0.717) is 4.90 Å². The molecule has 4 N–H and O–H groups in total. The van der Waals surface area contributed by atoms with Gasteiger partial charge in [-0.05, 0) is 37.3 Å². The lowest BCUT2D eigenvalue weighted by molar-refractivity contribution is 0.480. The number of rotatable bonds is 5. The van der Waals surface area contributed by atoms with E-state index in [4.69, 9.17) is 19.8 Å². The van der Waals surface area contributed by atoms with E-state index in [0.717, 1.165) is 29.7 Å². The van der Waals surface area contributed by atoms with E-state index in [1.165, 1.54) is 12.1 Å². The Morgan fingerprint density at radius 1 is 0.867 bits per heavy atom. The summed E-state index contributed by atoms with van der Waals surface area (Å²) in [5.41, 5.74) is 6.42. The van der Waals surface area contributed by atoms with Gasteiger partial charge >= 0.3 is 0 Å². The van der Waals surface area contributed by atoms with Crippen molar-refractivity contribution in [3.8, 4) is 5.75 Å². The number of nitrogens with two attached hydrogens (primary N) is 1. The predicted molar refractivity (Wildman–Crippen MR) is 112 cm³/mol. The van der Waals surface area contributed by atoms with E-state index in [1.54, 1.807) is 12.1 Å². The van der Waals surface area contributed by atoms with Crippen molar-refractivity contribution in [2.45, 2.75) is 21.6 Å². The highest BCUT2D eigenvalue weighted by molar-refractivity contribution is 7.95. The van der Waals surface area contributed by atoms with Crippen LogP contribution in [0.1, 0.15) is 5.56 Å². The molecule has 0 fully saturated rings. The molecule has 0 bridgehead atoms. The Bertz CT molecular complexity index is 1290. The molecule has 30 heavy (non-hydrogen) atoms. The van der Waals surface area contributed by atoms with Gasteiger partial charge in [-0.15, -0.1) is 0 Å². The molecule has 0 saturated carbocycles. The molecule has 0 heterocycles. The maximum absolute atomic E-state index is 11.8. The van der Waals surface area contributed by atoms with Gasteiger partial charge in [-0.1, -0.05) is 17.7 Å². The lowest BCUT2D eigenvalue weighted by atomic mass is 10.1. The number of fused-ring (bicyclic) bond motifs is 1. The van der Waals surface area contributed by atoms with Crippen LogP contribution in [0, 0.1) is 16.9 Å². The molecule has 160 valence electrons. The summed E-state index contributed by atoms with van der Waals surface area (Å²) in [4.78, 5) is 13.4. The Balaban J connectivity index is 0.00000155. The Kier molecular flexibility index (Phi) is 7.05. The van der Waals surface area contributed by atoms with Crippen molar-refractivity contribution in [3.05, 3.63) is 64.0 Å². The van der Waals surface area contributed by atoms with E-state index in [1.807, 2.05) is 19.1 Å². The molecule has 0 aromatic heterocycles. The quantitative estimate of drug-likeness (QED) is 0.281. The Morgan fingerprint density at radius 2 is 1.47 bits per heavy atom. The number of benzene rings is 3. The summed E-state index contributed by atoms with van der Waals surface area (Å²) in [5, 5.41) is -0.00836. The maximum Gasteiger partial charge on any atom is 0.297 e. The van der Waals surface area contributed by atoms with Gasteiger partial charge in [0.2, 0.25) is 0 Å². The Morgan fingerprint density at radius 3 is 2.00 bits per heavy atom. The molecule has 13 heteroatoms. The van der Waals surface area contributed by atoms with E-state index < -0.39 is 30.0 Å². The lowest BCUT2D eigenvalue weighted by Crippen LogP contribution is -2.06. The smallest absolute Gasteiger partial charge is 0.297 e. The minimum Gasteiger partial charge on any atom is -0.420 e. The van der Waals surface area contributed by atoms with Crippen LogP contribution in [0.2, 0.25) is 0 Å².